The van der Waals surface area contributed by atoms with E-state index in [4.69, 9.17) is 10.8 Å². The molecule has 3 N–H and O–H groups in total. The second-order valence-corrected chi connectivity index (χ2v) is 3.84. The highest BCUT2D eigenvalue weighted by Crippen LogP contribution is 2.24. The van der Waals surface area contributed by atoms with Crippen LogP contribution in [0.4, 0.5) is 0 Å². The van der Waals surface area contributed by atoms with Gasteiger partial charge in [0.05, 0.1) is 0 Å². The first kappa shape index (κ1) is 8.70. The number of halogens is 1. The molecule has 0 aliphatic heterocycles. The summed E-state index contributed by atoms with van der Waals surface area (Å²) in [5.41, 5.74) is 5.34. The molecule has 1 rings (SSSR count). The zero-order chi connectivity index (χ0) is 8.43. The Labute approximate surface area is 76.0 Å². The third kappa shape index (κ3) is 2.02. The maximum atomic E-state index is 10.4. The van der Waals surface area contributed by atoms with Gasteiger partial charge in [-0.05, 0) is 22.0 Å². The molecule has 0 aromatic carbocycles. The first-order chi connectivity index (χ1) is 5.11. The van der Waals surface area contributed by atoms with Gasteiger partial charge in [-0.15, -0.1) is 11.3 Å². The van der Waals surface area contributed by atoms with Crippen molar-refractivity contribution >= 4 is 33.2 Å². The van der Waals surface area contributed by atoms with Crippen molar-refractivity contribution in [3.05, 3.63) is 20.8 Å². The second-order valence-electron chi connectivity index (χ2n) is 1.98. The molecule has 60 valence electrons. The number of nitrogens with two attached hydrogens (primary N) is 1. The van der Waals surface area contributed by atoms with E-state index in [0.29, 0.717) is 4.88 Å². The van der Waals surface area contributed by atoms with Crippen LogP contribution >= 0.6 is 27.3 Å². The number of thiophene rings is 1. The molecule has 0 unspecified atom stereocenters. The smallest absolute Gasteiger partial charge is 0.325 e. The van der Waals surface area contributed by atoms with Crippen molar-refractivity contribution in [2.24, 2.45) is 5.73 Å². The van der Waals surface area contributed by atoms with Crippen LogP contribution in [0, 0.1) is 0 Å². The van der Waals surface area contributed by atoms with Gasteiger partial charge in [0.1, 0.15) is 6.04 Å². The summed E-state index contributed by atoms with van der Waals surface area (Å²) in [6, 6.07) is 0.815. The van der Waals surface area contributed by atoms with Crippen LogP contribution in [0.1, 0.15) is 10.9 Å². The van der Waals surface area contributed by atoms with Gasteiger partial charge in [-0.25, -0.2) is 0 Å². The Balaban J connectivity index is 2.84. The topological polar surface area (TPSA) is 63.3 Å². The maximum Gasteiger partial charge on any atom is 0.325 e. The van der Waals surface area contributed by atoms with Crippen LogP contribution in [0.2, 0.25) is 0 Å². The van der Waals surface area contributed by atoms with Crippen LogP contribution in [0.5, 0.6) is 0 Å². The molecule has 0 spiro atoms. The van der Waals surface area contributed by atoms with Crippen molar-refractivity contribution in [3.8, 4) is 0 Å². The molecule has 0 saturated heterocycles. The molecule has 0 aliphatic rings. The Morgan fingerprint density at radius 3 is 2.82 bits per heavy atom. The lowest BCUT2D eigenvalue weighted by Crippen LogP contribution is -2.19. The fraction of sp³-hybridized carbons (Fsp3) is 0.167. The van der Waals surface area contributed by atoms with Gasteiger partial charge in [-0.3, -0.25) is 4.79 Å². The predicted octanol–water partition coefficient (Wildman–Crippen LogP) is 1.60. The normalized spacial score (nSPS) is 12.9. The fourth-order valence-corrected chi connectivity index (χ4v) is 2.05. The van der Waals surface area contributed by atoms with Crippen molar-refractivity contribution in [1.82, 2.24) is 0 Å². The first-order valence-electron chi connectivity index (χ1n) is 2.83. The van der Waals surface area contributed by atoms with Crippen LogP contribution in [-0.2, 0) is 4.79 Å². The maximum absolute atomic E-state index is 10.4. The standard InChI is InChI=1S/C6H6BrNO2S/c7-3-1-4(11-2-3)5(8)6(9)10/h1-2,5H,8H2,(H,9,10)/t5-/m1/s1. The average molecular weight is 236 g/mol. The van der Waals surface area contributed by atoms with Crippen molar-refractivity contribution in [2.75, 3.05) is 0 Å². The predicted molar refractivity (Wildman–Crippen MR) is 46.6 cm³/mol. The number of rotatable bonds is 2. The summed E-state index contributed by atoms with van der Waals surface area (Å²) in [5, 5.41) is 10.3. The van der Waals surface area contributed by atoms with Crippen LogP contribution in [0.15, 0.2) is 15.9 Å². The molecule has 11 heavy (non-hydrogen) atoms. The molecule has 0 bridgehead atoms. The van der Waals surface area contributed by atoms with E-state index in [1.807, 2.05) is 0 Å². The summed E-state index contributed by atoms with van der Waals surface area (Å²) in [5.74, 6) is -1.00. The molecule has 3 nitrogen and oxygen atoms in total. The number of aliphatic carboxylic acids is 1. The Bertz CT molecular complexity index is 273. The summed E-state index contributed by atoms with van der Waals surface area (Å²) in [7, 11) is 0. The zero-order valence-electron chi connectivity index (χ0n) is 5.45. The molecule has 0 saturated carbocycles. The molecule has 0 radical (unpaired) electrons. The minimum Gasteiger partial charge on any atom is -0.480 e. The highest BCUT2D eigenvalue weighted by molar-refractivity contribution is 9.10. The Hall–Kier alpha value is -0.390. The lowest BCUT2D eigenvalue weighted by Gasteiger charge is -2.00. The van der Waals surface area contributed by atoms with E-state index < -0.39 is 12.0 Å². The summed E-state index contributed by atoms with van der Waals surface area (Å²) < 4.78 is 0.870. The lowest BCUT2D eigenvalue weighted by atomic mass is 10.3. The summed E-state index contributed by atoms with van der Waals surface area (Å²) in [4.78, 5) is 11.0. The SMILES string of the molecule is N[C@@H](C(=O)O)c1cc(Br)cs1. The van der Waals surface area contributed by atoms with Crippen molar-refractivity contribution in [3.63, 3.8) is 0 Å². The number of carboxylic acids is 1. The number of carbonyl (C=O) groups is 1. The van der Waals surface area contributed by atoms with E-state index in [0.717, 1.165) is 4.47 Å². The molecular weight excluding hydrogens is 230 g/mol. The number of carboxylic acid groups (broad SMARTS) is 1. The average Bonchev–Trinajstić information content (AvgIpc) is 2.34. The molecule has 1 heterocycles. The minimum atomic E-state index is -1.00. The second kappa shape index (κ2) is 3.34. The van der Waals surface area contributed by atoms with Gasteiger partial charge < -0.3 is 10.8 Å². The van der Waals surface area contributed by atoms with Crippen molar-refractivity contribution in [1.29, 1.82) is 0 Å². The number of hydrogen-bond acceptors (Lipinski definition) is 3. The Morgan fingerprint density at radius 1 is 1.82 bits per heavy atom. The van der Waals surface area contributed by atoms with Gasteiger partial charge >= 0.3 is 5.97 Å². The van der Waals surface area contributed by atoms with Crippen molar-refractivity contribution < 1.29 is 9.90 Å². The monoisotopic (exact) mass is 235 g/mol. The van der Waals surface area contributed by atoms with Gasteiger partial charge in [0.2, 0.25) is 0 Å². The van der Waals surface area contributed by atoms with E-state index in [-0.39, 0.29) is 0 Å². The molecular formula is C6H6BrNO2S. The fourth-order valence-electron chi connectivity index (χ4n) is 0.613. The first-order valence-corrected chi connectivity index (χ1v) is 4.51. The zero-order valence-corrected chi connectivity index (χ0v) is 7.85. The highest BCUT2D eigenvalue weighted by atomic mass is 79.9. The minimum absolute atomic E-state index is 0.657. The third-order valence-corrected chi connectivity index (χ3v) is 2.94. The summed E-state index contributed by atoms with van der Waals surface area (Å²) >= 11 is 4.54. The van der Waals surface area contributed by atoms with Crippen molar-refractivity contribution in [2.45, 2.75) is 6.04 Å². The van der Waals surface area contributed by atoms with E-state index in [1.165, 1.54) is 11.3 Å². The van der Waals surface area contributed by atoms with Gasteiger partial charge in [-0.1, -0.05) is 0 Å². The van der Waals surface area contributed by atoms with Gasteiger partial charge in [0.15, 0.2) is 0 Å². The molecule has 1 aromatic rings. The van der Waals surface area contributed by atoms with Crippen LogP contribution in [0.3, 0.4) is 0 Å². The largest absolute Gasteiger partial charge is 0.480 e. The van der Waals surface area contributed by atoms with Gasteiger partial charge in [-0.2, -0.15) is 0 Å². The molecule has 1 atom stereocenters. The molecule has 0 aliphatic carbocycles. The Kier molecular flexibility index (Phi) is 2.64. The van der Waals surface area contributed by atoms with Crippen LogP contribution in [-0.4, -0.2) is 11.1 Å². The third-order valence-electron chi connectivity index (χ3n) is 1.16. The number of hydrogen-bond donors (Lipinski definition) is 2. The summed E-state index contributed by atoms with van der Waals surface area (Å²) in [6.45, 7) is 0. The molecule has 0 amide bonds. The Morgan fingerprint density at radius 2 is 2.45 bits per heavy atom. The van der Waals surface area contributed by atoms with E-state index >= 15 is 0 Å². The molecule has 5 heteroatoms. The highest BCUT2D eigenvalue weighted by Gasteiger charge is 2.15. The molecule has 0 fully saturated rings. The molecule has 1 aromatic heterocycles. The van der Waals surface area contributed by atoms with Crippen LogP contribution in [0.25, 0.3) is 0 Å². The van der Waals surface area contributed by atoms with Gasteiger partial charge in [0.25, 0.3) is 0 Å². The van der Waals surface area contributed by atoms with Crippen LogP contribution < -0.4 is 5.73 Å². The summed E-state index contributed by atoms with van der Waals surface area (Å²) in [6.07, 6.45) is 0. The van der Waals surface area contributed by atoms with E-state index in [2.05, 4.69) is 15.9 Å². The van der Waals surface area contributed by atoms with Gasteiger partial charge in [0, 0.05) is 14.7 Å². The van der Waals surface area contributed by atoms with E-state index in [1.54, 1.807) is 11.4 Å². The van der Waals surface area contributed by atoms with E-state index in [9.17, 15) is 4.79 Å². The quantitative estimate of drug-likeness (QED) is 0.819. The lowest BCUT2D eigenvalue weighted by molar-refractivity contribution is -0.138.